The third-order valence-electron chi connectivity index (χ3n) is 3.86. The first-order valence-electron chi connectivity index (χ1n) is 7.56. The normalized spacial score (nSPS) is 18.4. The molecule has 0 spiro atoms. The van der Waals surface area contributed by atoms with Crippen molar-refractivity contribution in [3.8, 4) is 0 Å². The Hall–Kier alpha value is -0.990. The minimum absolute atomic E-state index is 0.157. The van der Waals surface area contributed by atoms with E-state index >= 15 is 0 Å². The van der Waals surface area contributed by atoms with Gasteiger partial charge in [-0.05, 0) is 42.5 Å². The van der Waals surface area contributed by atoms with Gasteiger partial charge in [-0.1, -0.05) is 17.7 Å². The van der Waals surface area contributed by atoms with Crippen molar-refractivity contribution in [1.29, 1.82) is 0 Å². The number of nitrogens with zero attached hydrogens (tertiary/aromatic N) is 1. The number of halogens is 2. The van der Waals surface area contributed by atoms with Crippen LogP contribution in [-0.4, -0.2) is 32.0 Å². The second-order valence-corrected chi connectivity index (χ2v) is 8.96. The molecule has 1 aliphatic rings. The van der Waals surface area contributed by atoms with E-state index in [0.29, 0.717) is 6.61 Å². The average molecular weight is 390 g/mol. The van der Waals surface area contributed by atoms with Crippen molar-refractivity contribution in [2.75, 3.05) is 13.2 Å². The highest BCUT2D eigenvalue weighted by Gasteiger charge is 2.31. The van der Waals surface area contributed by atoms with Gasteiger partial charge in [0.05, 0.1) is 6.10 Å². The van der Waals surface area contributed by atoms with Gasteiger partial charge in [0.25, 0.3) is 0 Å². The lowest BCUT2D eigenvalue weighted by molar-refractivity contribution is 0.0927. The molecule has 1 fully saturated rings. The van der Waals surface area contributed by atoms with E-state index < -0.39 is 15.8 Å². The van der Waals surface area contributed by atoms with Gasteiger partial charge in [-0.3, -0.25) is 0 Å². The molecule has 2 heterocycles. The predicted octanol–water partition coefficient (Wildman–Crippen LogP) is 3.91. The van der Waals surface area contributed by atoms with Gasteiger partial charge in [0, 0.05) is 29.6 Å². The first kappa shape index (κ1) is 17.8. The number of hydrogen-bond acceptors (Lipinski definition) is 4. The summed E-state index contributed by atoms with van der Waals surface area (Å²) in [6.07, 6.45) is 1.56. The number of thiophene rings is 1. The molecule has 0 aliphatic carbocycles. The van der Waals surface area contributed by atoms with Crippen molar-refractivity contribution in [3.05, 3.63) is 51.4 Å². The molecule has 0 saturated carbocycles. The van der Waals surface area contributed by atoms with Crippen molar-refractivity contribution >= 4 is 33.0 Å². The summed E-state index contributed by atoms with van der Waals surface area (Å²) in [6, 6.07) is 7.33. The van der Waals surface area contributed by atoms with E-state index in [9.17, 15) is 12.8 Å². The van der Waals surface area contributed by atoms with E-state index in [1.165, 1.54) is 27.8 Å². The fourth-order valence-corrected chi connectivity index (χ4v) is 5.12. The monoisotopic (exact) mass is 389 g/mol. The molecule has 0 bridgehead atoms. The second-order valence-electron chi connectivity index (χ2n) is 5.59. The number of hydrogen-bond donors (Lipinski definition) is 0. The van der Waals surface area contributed by atoms with Crippen LogP contribution in [0.2, 0.25) is 5.02 Å². The number of sulfonamides is 1. The van der Waals surface area contributed by atoms with Gasteiger partial charge < -0.3 is 4.74 Å². The van der Waals surface area contributed by atoms with Crippen LogP contribution >= 0.6 is 22.9 Å². The Labute approximate surface area is 149 Å². The van der Waals surface area contributed by atoms with Gasteiger partial charge in [-0.15, -0.1) is 11.3 Å². The third-order valence-corrected chi connectivity index (χ3v) is 6.80. The Morgan fingerprint density at radius 1 is 1.38 bits per heavy atom. The Balaban J connectivity index is 1.92. The van der Waals surface area contributed by atoms with Crippen LogP contribution in [-0.2, 0) is 21.3 Å². The molecule has 130 valence electrons. The van der Waals surface area contributed by atoms with Crippen LogP contribution < -0.4 is 0 Å². The minimum atomic E-state index is -3.99. The molecule has 1 atom stereocenters. The molecule has 1 aromatic heterocycles. The molecule has 4 nitrogen and oxygen atoms in total. The fraction of sp³-hybridized carbons (Fsp3) is 0.375. The highest BCUT2D eigenvalue weighted by atomic mass is 35.5. The molecule has 0 unspecified atom stereocenters. The van der Waals surface area contributed by atoms with E-state index in [1.807, 2.05) is 17.5 Å². The first-order valence-corrected chi connectivity index (χ1v) is 10.3. The van der Waals surface area contributed by atoms with Crippen LogP contribution in [0.3, 0.4) is 0 Å². The standard InChI is InChI=1S/C16H17ClFNO3S2/c17-12-5-6-16(15(18)9-12)24(20,21)19(10-13-3-1-7-22-13)11-14-4-2-8-23-14/h2,4-6,8-9,13H,1,3,7,10-11H2/t13-/m1/s1. The Morgan fingerprint density at radius 3 is 2.83 bits per heavy atom. The number of benzene rings is 1. The van der Waals surface area contributed by atoms with E-state index in [0.717, 1.165) is 23.8 Å². The largest absolute Gasteiger partial charge is 0.377 e. The van der Waals surface area contributed by atoms with E-state index in [-0.39, 0.29) is 29.1 Å². The molecular formula is C16H17ClFNO3S2. The van der Waals surface area contributed by atoms with Gasteiger partial charge in [-0.2, -0.15) is 4.31 Å². The molecule has 1 aromatic carbocycles. The summed E-state index contributed by atoms with van der Waals surface area (Å²) in [7, 11) is -3.99. The van der Waals surface area contributed by atoms with Crippen molar-refractivity contribution < 1.29 is 17.5 Å². The first-order chi connectivity index (χ1) is 11.5. The zero-order valence-corrected chi connectivity index (χ0v) is 15.2. The summed E-state index contributed by atoms with van der Waals surface area (Å²) in [4.78, 5) is 0.535. The lowest BCUT2D eigenvalue weighted by atomic mass is 10.2. The maximum Gasteiger partial charge on any atom is 0.246 e. The van der Waals surface area contributed by atoms with Crippen LogP contribution in [0.5, 0.6) is 0 Å². The SMILES string of the molecule is O=S(=O)(c1ccc(Cl)cc1F)N(Cc1cccs1)C[C@H]1CCCO1. The molecule has 0 radical (unpaired) electrons. The summed E-state index contributed by atoms with van der Waals surface area (Å²) in [6.45, 7) is 1.04. The molecule has 3 rings (SSSR count). The predicted molar refractivity (Wildman–Crippen MR) is 92.3 cm³/mol. The molecule has 8 heteroatoms. The van der Waals surface area contributed by atoms with Crippen LogP contribution in [0.25, 0.3) is 0 Å². The van der Waals surface area contributed by atoms with Gasteiger partial charge in [0.15, 0.2) is 0 Å². The van der Waals surface area contributed by atoms with Crippen LogP contribution in [0, 0.1) is 5.82 Å². The minimum Gasteiger partial charge on any atom is -0.377 e. The van der Waals surface area contributed by atoms with E-state index in [2.05, 4.69) is 0 Å². The topological polar surface area (TPSA) is 46.6 Å². The van der Waals surface area contributed by atoms with E-state index in [1.54, 1.807) is 0 Å². The Morgan fingerprint density at radius 2 is 2.21 bits per heavy atom. The Bertz CT molecular complexity index is 790. The summed E-state index contributed by atoms with van der Waals surface area (Å²) < 4.78 is 47.0. The molecule has 1 saturated heterocycles. The lowest BCUT2D eigenvalue weighted by Gasteiger charge is -2.24. The van der Waals surface area contributed by atoms with Crippen molar-refractivity contribution in [2.45, 2.75) is 30.4 Å². The third kappa shape index (κ3) is 3.97. The highest BCUT2D eigenvalue weighted by Crippen LogP contribution is 2.26. The fourth-order valence-electron chi connectivity index (χ4n) is 2.66. The quantitative estimate of drug-likeness (QED) is 0.752. The zero-order valence-electron chi connectivity index (χ0n) is 12.8. The smallest absolute Gasteiger partial charge is 0.246 e. The van der Waals surface area contributed by atoms with Gasteiger partial charge in [0.1, 0.15) is 10.7 Å². The van der Waals surface area contributed by atoms with Crippen molar-refractivity contribution in [3.63, 3.8) is 0 Å². The summed E-state index contributed by atoms with van der Waals surface area (Å²) in [5, 5.41) is 2.05. The van der Waals surface area contributed by atoms with Crippen molar-refractivity contribution in [1.82, 2.24) is 4.31 Å². The van der Waals surface area contributed by atoms with Crippen molar-refractivity contribution in [2.24, 2.45) is 0 Å². The molecule has 24 heavy (non-hydrogen) atoms. The summed E-state index contributed by atoms with van der Waals surface area (Å²) in [5.41, 5.74) is 0. The number of ether oxygens (including phenoxy) is 1. The molecule has 2 aromatic rings. The summed E-state index contributed by atoms with van der Waals surface area (Å²) in [5.74, 6) is -0.842. The second kappa shape index (κ2) is 7.49. The maximum absolute atomic E-state index is 14.2. The van der Waals surface area contributed by atoms with Gasteiger partial charge >= 0.3 is 0 Å². The van der Waals surface area contributed by atoms with Gasteiger partial charge in [-0.25, -0.2) is 12.8 Å². The number of rotatable bonds is 6. The van der Waals surface area contributed by atoms with Crippen LogP contribution in [0.4, 0.5) is 4.39 Å². The van der Waals surface area contributed by atoms with Gasteiger partial charge in [0.2, 0.25) is 10.0 Å². The van der Waals surface area contributed by atoms with Crippen LogP contribution in [0.15, 0.2) is 40.6 Å². The summed E-state index contributed by atoms with van der Waals surface area (Å²) >= 11 is 7.20. The van der Waals surface area contributed by atoms with E-state index in [4.69, 9.17) is 16.3 Å². The molecule has 0 N–H and O–H groups in total. The zero-order chi connectivity index (χ0) is 17.2. The lowest BCUT2D eigenvalue weighted by Crippen LogP contribution is -2.37. The molecule has 1 aliphatic heterocycles. The highest BCUT2D eigenvalue weighted by molar-refractivity contribution is 7.89. The molecule has 0 amide bonds. The van der Waals surface area contributed by atoms with Crippen LogP contribution in [0.1, 0.15) is 17.7 Å². The average Bonchev–Trinajstić information content (AvgIpc) is 3.19. The molecular weight excluding hydrogens is 373 g/mol. The Kier molecular flexibility index (Phi) is 5.56. The maximum atomic E-state index is 14.2.